The van der Waals surface area contributed by atoms with E-state index in [0.717, 1.165) is 16.8 Å². The number of nitrogens with zero attached hydrogens (tertiary/aromatic N) is 1. The molecule has 0 aliphatic rings. The first kappa shape index (κ1) is 19.5. The third kappa shape index (κ3) is 4.70. The number of aromatic nitrogens is 1. The summed E-state index contributed by atoms with van der Waals surface area (Å²) in [7, 11) is -0.942. The summed E-state index contributed by atoms with van der Waals surface area (Å²) in [5, 5.41) is 5.40. The van der Waals surface area contributed by atoms with Crippen molar-refractivity contribution in [3.63, 3.8) is 0 Å². The summed E-state index contributed by atoms with van der Waals surface area (Å²) >= 11 is 1.41. The molecule has 1 aromatic heterocycles. The molecule has 0 bridgehead atoms. The number of hydrogen-bond acceptors (Lipinski definition) is 4. The molecular weight excluding hydrogens is 376 g/mol. The molecule has 3 aromatic rings. The number of amides is 1. The van der Waals surface area contributed by atoms with Gasteiger partial charge in [-0.05, 0) is 61.2 Å². The van der Waals surface area contributed by atoms with E-state index >= 15 is 0 Å². The molecule has 2 aromatic carbocycles. The van der Waals surface area contributed by atoms with Crippen molar-refractivity contribution < 1.29 is 9.00 Å². The number of aryl methyl sites for hydroxylation is 3. The first-order chi connectivity index (χ1) is 12.8. The van der Waals surface area contributed by atoms with Crippen LogP contribution in [-0.4, -0.2) is 21.4 Å². The average Bonchev–Trinajstić information content (AvgIpc) is 3.06. The van der Waals surface area contributed by atoms with Gasteiger partial charge in [-0.3, -0.25) is 14.3 Å². The molecular formula is C21H22N2O2S2. The molecule has 0 aliphatic carbocycles. The molecule has 3 rings (SSSR count). The van der Waals surface area contributed by atoms with Crippen LogP contribution in [0.5, 0.6) is 0 Å². The van der Waals surface area contributed by atoms with Gasteiger partial charge in [0.2, 0.25) is 0 Å². The van der Waals surface area contributed by atoms with Gasteiger partial charge >= 0.3 is 0 Å². The van der Waals surface area contributed by atoms with E-state index in [4.69, 9.17) is 0 Å². The Labute approximate surface area is 166 Å². The van der Waals surface area contributed by atoms with Crippen molar-refractivity contribution in [3.8, 4) is 11.3 Å². The fraction of sp³-hybridized carbons (Fsp3) is 0.238. The van der Waals surface area contributed by atoms with E-state index in [-0.39, 0.29) is 5.91 Å². The number of nitrogens with one attached hydrogen (secondary N) is 1. The van der Waals surface area contributed by atoms with E-state index < -0.39 is 10.8 Å². The lowest BCUT2D eigenvalue weighted by atomic mass is 9.99. The second-order valence-electron chi connectivity index (χ2n) is 6.66. The number of carbonyl (C=O) groups is 1. The van der Waals surface area contributed by atoms with Gasteiger partial charge < -0.3 is 0 Å². The Kier molecular flexibility index (Phi) is 5.87. The van der Waals surface area contributed by atoms with Crippen LogP contribution >= 0.6 is 11.3 Å². The molecule has 1 heterocycles. The van der Waals surface area contributed by atoms with E-state index in [1.165, 1.54) is 28.0 Å². The van der Waals surface area contributed by atoms with E-state index in [2.05, 4.69) is 43.2 Å². The lowest BCUT2D eigenvalue weighted by molar-refractivity contribution is 0.102. The highest BCUT2D eigenvalue weighted by atomic mass is 32.2. The van der Waals surface area contributed by atoms with Gasteiger partial charge in [0.25, 0.3) is 5.91 Å². The van der Waals surface area contributed by atoms with Gasteiger partial charge in [0.05, 0.1) is 5.69 Å². The number of hydrogen-bond donors (Lipinski definition) is 1. The Morgan fingerprint density at radius 1 is 1.11 bits per heavy atom. The fourth-order valence-corrected chi connectivity index (χ4v) is 4.25. The Morgan fingerprint density at radius 3 is 2.59 bits per heavy atom. The lowest BCUT2D eigenvalue weighted by Gasteiger charge is -2.07. The van der Waals surface area contributed by atoms with Gasteiger partial charge in [-0.25, -0.2) is 4.98 Å². The van der Waals surface area contributed by atoms with E-state index in [1.54, 1.807) is 18.4 Å². The molecule has 140 valence electrons. The highest BCUT2D eigenvalue weighted by molar-refractivity contribution is 7.83. The second kappa shape index (κ2) is 8.15. The zero-order chi connectivity index (χ0) is 19.6. The Bertz CT molecular complexity index is 1020. The Balaban J connectivity index is 1.79. The molecule has 1 amide bonds. The number of rotatable bonds is 5. The van der Waals surface area contributed by atoms with Gasteiger partial charge in [0.15, 0.2) is 5.13 Å². The summed E-state index contributed by atoms with van der Waals surface area (Å²) in [6.07, 6.45) is 1.65. The zero-order valence-corrected chi connectivity index (χ0v) is 17.5. The van der Waals surface area contributed by atoms with Crippen molar-refractivity contribution in [2.24, 2.45) is 0 Å². The summed E-state index contributed by atoms with van der Waals surface area (Å²) in [6, 6.07) is 11.5. The summed E-state index contributed by atoms with van der Waals surface area (Å²) in [4.78, 5) is 17.1. The molecule has 0 radical (unpaired) electrons. The molecule has 0 saturated heterocycles. The van der Waals surface area contributed by atoms with Crippen LogP contribution in [0.15, 0.2) is 41.8 Å². The molecule has 6 heteroatoms. The smallest absolute Gasteiger partial charge is 0.257 e. The molecule has 0 spiro atoms. The minimum Gasteiger partial charge on any atom is -0.298 e. The van der Waals surface area contributed by atoms with Crippen LogP contribution in [0, 0.1) is 20.8 Å². The maximum absolute atomic E-state index is 12.5. The molecule has 1 unspecified atom stereocenters. The van der Waals surface area contributed by atoms with Gasteiger partial charge in [0, 0.05) is 39.3 Å². The van der Waals surface area contributed by atoms with Crippen molar-refractivity contribution >= 4 is 33.2 Å². The normalized spacial score (nSPS) is 12.0. The third-order valence-corrected chi connectivity index (χ3v) is 5.90. The molecule has 4 nitrogen and oxygen atoms in total. The predicted molar refractivity (Wildman–Crippen MR) is 114 cm³/mol. The molecule has 27 heavy (non-hydrogen) atoms. The summed E-state index contributed by atoms with van der Waals surface area (Å²) in [5.41, 5.74) is 7.02. The maximum Gasteiger partial charge on any atom is 0.257 e. The first-order valence-electron chi connectivity index (χ1n) is 8.57. The highest BCUT2D eigenvalue weighted by Gasteiger charge is 2.12. The monoisotopic (exact) mass is 398 g/mol. The topological polar surface area (TPSA) is 59.1 Å². The van der Waals surface area contributed by atoms with E-state index in [0.29, 0.717) is 16.4 Å². The molecule has 0 fully saturated rings. The lowest BCUT2D eigenvalue weighted by Crippen LogP contribution is -2.12. The summed E-state index contributed by atoms with van der Waals surface area (Å²) in [6.45, 7) is 6.26. The molecule has 1 atom stereocenters. The van der Waals surface area contributed by atoms with Crippen LogP contribution in [0.3, 0.4) is 0 Å². The first-order valence-corrected chi connectivity index (χ1v) is 11.2. The highest BCUT2D eigenvalue weighted by Crippen LogP contribution is 2.29. The van der Waals surface area contributed by atoms with Gasteiger partial charge in [-0.2, -0.15) is 0 Å². The standard InChI is InChI=1S/C21H22N2O2S2/c1-13-8-15(3)18(9-14(13)2)19-11-26-21(22-19)23-20(24)17-7-5-6-16(10-17)12-27(4)25/h5-11H,12H2,1-4H3,(H,22,23,24). The quantitative estimate of drug-likeness (QED) is 0.667. The van der Waals surface area contributed by atoms with E-state index in [1.807, 2.05) is 17.5 Å². The SMILES string of the molecule is Cc1cc(C)c(-c2csc(NC(=O)c3cccc(CS(C)=O)c3)n2)cc1C. The summed E-state index contributed by atoms with van der Waals surface area (Å²) < 4.78 is 11.4. The van der Waals surface area contributed by atoms with Crippen molar-refractivity contribution in [2.75, 3.05) is 11.6 Å². The maximum atomic E-state index is 12.5. The van der Waals surface area contributed by atoms with Gasteiger partial charge in [0.1, 0.15) is 0 Å². The number of benzene rings is 2. The number of carbonyl (C=O) groups excluding carboxylic acids is 1. The van der Waals surface area contributed by atoms with E-state index in [9.17, 15) is 9.00 Å². The zero-order valence-electron chi connectivity index (χ0n) is 15.8. The Hall–Kier alpha value is -2.31. The van der Waals surface area contributed by atoms with Crippen molar-refractivity contribution in [2.45, 2.75) is 26.5 Å². The average molecular weight is 399 g/mol. The van der Waals surface area contributed by atoms with Crippen molar-refractivity contribution in [1.29, 1.82) is 0 Å². The van der Waals surface area contributed by atoms with Crippen LogP contribution in [-0.2, 0) is 16.6 Å². The second-order valence-corrected chi connectivity index (χ2v) is 8.95. The fourth-order valence-electron chi connectivity index (χ4n) is 2.90. The van der Waals surface area contributed by atoms with Gasteiger partial charge in [-0.15, -0.1) is 11.3 Å². The van der Waals surface area contributed by atoms with Gasteiger partial charge in [-0.1, -0.05) is 18.2 Å². The van der Waals surface area contributed by atoms with Crippen LogP contribution in [0.2, 0.25) is 0 Å². The molecule has 0 saturated carbocycles. The van der Waals surface area contributed by atoms with Crippen molar-refractivity contribution in [1.82, 2.24) is 4.98 Å². The van der Waals surface area contributed by atoms with Crippen molar-refractivity contribution in [3.05, 3.63) is 69.6 Å². The van der Waals surface area contributed by atoms with Crippen LogP contribution in [0.4, 0.5) is 5.13 Å². The van der Waals surface area contributed by atoms with Crippen LogP contribution in [0.25, 0.3) is 11.3 Å². The number of thiazole rings is 1. The summed E-state index contributed by atoms with van der Waals surface area (Å²) in [5.74, 6) is 0.227. The number of anilines is 1. The minimum absolute atomic E-state index is 0.212. The van der Waals surface area contributed by atoms with Crippen LogP contribution in [0.1, 0.15) is 32.6 Å². The largest absolute Gasteiger partial charge is 0.298 e. The molecule has 1 N–H and O–H groups in total. The molecule has 0 aliphatic heterocycles. The predicted octanol–water partition coefficient (Wildman–Crippen LogP) is 4.87. The van der Waals surface area contributed by atoms with Crippen LogP contribution < -0.4 is 5.32 Å². The minimum atomic E-state index is -0.942. The third-order valence-electron chi connectivity index (χ3n) is 4.40. The Morgan fingerprint density at radius 2 is 1.85 bits per heavy atom.